The molecule has 1 amide bonds. The molecule has 4 heteroatoms. The summed E-state index contributed by atoms with van der Waals surface area (Å²) in [5, 5.41) is 7.13. The van der Waals surface area contributed by atoms with E-state index in [9.17, 15) is 4.79 Å². The summed E-state index contributed by atoms with van der Waals surface area (Å²) >= 11 is 0. The summed E-state index contributed by atoms with van der Waals surface area (Å²) in [5.41, 5.74) is 2.70. The van der Waals surface area contributed by atoms with Gasteiger partial charge in [-0.2, -0.15) is 0 Å². The molecule has 2 aromatic rings. The Bertz CT molecular complexity index is 594. The van der Waals surface area contributed by atoms with Crippen molar-refractivity contribution >= 4 is 22.5 Å². The third-order valence-electron chi connectivity index (χ3n) is 3.04. The molecule has 0 aliphatic carbocycles. The number of amides is 1. The van der Waals surface area contributed by atoms with Crippen LogP contribution in [-0.2, 0) is 4.79 Å². The zero-order chi connectivity index (χ0) is 11.8. The molecule has 2 heterocycles. The second-order valence-corrected chi connectivity index (χ2v) is 4.08. The van der Waals surface area contributed by atoms with E-state index < -0.39 is 0 Å². The fourth-order valence-electron chi connectivity index (χ4n) is 2.28. The number of likely N-dealkylation sites (N-methyl/N-ethyl adjacent to an activating group) is 1. The Balaban J connectivity index is 2.20. The number of rotatable bonds is 2. The molecule has 1 aromatic carbocycles. The second kappa shape index (κ2) is 3.82. The minimum atomic E-state index is -0.249. The van der Waals surface area contributed by atoms with E-state index in [4.69, 9.17) is 0 Å². The van der Waals surface area contributed by atoms with Crippen LogP contribution >= 0.6 is 0 Å². The Labute approximate surface area is 99.0 Å². The average molecular weight is 227 g/mol. The standard InChI is InChI=1S/C13H13N3O/c1-2-14-12-9-6-5-8-4-3-7-15-10(8)11(9)16-13(12)17/h3-7,12,14H,2H2,1H3,(H,16,17). The largest absolute Gasteiger partial charge is 0.322 e. The Morgan fingerprint density at radius 1 is 1.41 bits per heavy atom. The number of fused-ring (bicyclic) bond motifs is 3. The van der Waals surface area contributed by atoms with E-state index in [2.05, 4.69) is 15.6 Å². The van der Waals surface area contributed by atoms with Gasteiger partial charge in [0.1, 0.15) is 6.04 Å². The first-order valence-electron chi connectivity index (χ1n) is 5.73. The van der Waals surface area contributed by atoms with Crippen molar-refractivity contribution in [3.63, 3.8) is 0 Å². The predicted molar refractivity (Wildman–Crippen MR) is 66.8 cm³/mol. The van der Waals surface area contributed by atoms with Gasteiger partial charge in [0.05, 0.1) is 11.2 Å². The van der Waals surface area contributed by atoms with Gasteiger partial charge in [-0.1, -0.05) is 25.1 Å². The first kappa shape index (κ1) is 10.2. The molecule has 1 aliphatic heterocycles. The molecule has 1 atom stereocenters. The fraction of sp³-hybridized carbons (Fsp3) is 0.231. The molecule has 0 radical (unpaired) electrons. The second-order valence-electron chi connectivity index (χ2n) is 4.08. The molecule has 0 fully saturated rings. The lowest BCUT2D eigenvalue weighted by molar-refractivity contribution is -0.117. The molecule has 0 saturated carbocycles. The molecule has 2 N–H and O–H groups in total. The van der Waals surface area contributed by atoms with Gasteiger partial charge in [0.2, 0.25) is 5.91 Å². The molecule has 3 rings (SSSR count). The summed E-state index contributed by atoms with van der Waals surface area (Å²) in [6.45, 7) is 2.75. The zero-order valence-corrected chi connectivity index (χ0v) is 9.53. The van der Waals surface area contributed by atoms with E-state index in [-0.39, 0.29) is 11.9 Å². The van der Waals surface area contributed by atoms with E-state index in [1.807, 2.05) is 31.2 Å². The van der Waals surface area contributed by atoms with E-state index in [0.29, 0.717) is 0 Å². The lowest BCUT2D eigenvalue weighted by Crippen LogP contribution is -2.27. The lowest BCUT2D eigenvalue weighted by Gasteiger charge is -2.09. The summed E-state index contributed by atoms with van der Waals surface area (Å²) < 4.78 is 0. The quantitative estimate of drug-likeness (QED) is 0.823. The van der Waals surface area contributed by atoms with Gasteiger partial charge >= 0.3 is 0 Å². The Morgan fingerprint density at radius 2 is 2.29 bits per heavy atom. The maximum absolute atomic E-state index is 11.9. The first-order chi connectivity index (χ1) is 8.31. The van der Waals surface area contributed by atoms with Crippen molar-refractivity contribution in [2.24, 2.45) is 0 Å². The highest BCUT2D eigenvalue weighted by atomic mass is 16.2. The molecule has 1 unspecified atom stereocenters. The van der Waals surface area contributed by atoms with Crippen molar-refractivity contribution in [2.45, 2.75) is 13.0 Å². The van der Waals surface area contributed by atoms with Crippen LogP contribution in [0.5, 0.6) is 0 Å². The smallest absolute Gasteiger partial charge is 0.246 e. The summed E-state index contributed by atoms with van der Waals surface area (Å²) in [7, 11) is 0. The maximum Gasteiger partial charge on any atom is 0.246 e. The molecular weight excluding hydrogens is 214 g/mol. The van der Waals surface area contributed by atoms with Crippen LogP contribution in [-0.4, -0.2) is 17.4 Å². The van der Waals surface area contributed by atoms with Crippen LogP contribution in [0.25, 0.3) is 10.9 Å². The number of carbonyl (C=O) groups is 1. The van der Waals surface area contributed by atoms with Crippen LogP contribution in [0.4, 0.5) is 5.69 Å². The molecule has 1 aromatic heterocycles. The number of nitrogens with zero attached hydrogens (tertiary/aromatic N) is 1. The number of carbonyl (C=O) groups excluding carboxylic acids is 1. The number of hydrogen-bond acceptors (Lipinski definition) is 3. The van der Waals surface area contributed by atoms with E-state index in [1.54, 1.807) is 6.20 Å². The molecule has 0 bridgehead atoms. The van der Waals surface area contributed by atoms with Crippen LogP contribution in [0.15, 0.2) is 30.5 Å². The van der Waals surface area contributed by atoms with Gasteiger partial charge in [0.15, 0.2) is 0 Å². The fourth-order valence-corrected chi connectivity index (χ4v) is 2.28. The highest BCUT2D eigenvalue weighted by Crippen LogP contribution is 2.35. The van der Waals surface area contributed by atoms with Gasteiger partial charge in [0.25, 0.3) is 0 Å². The Hall–Kier alpha value is -1.94. The molecule has 17 heavy (non-hydrogen) atoms. The summed E-state index contributed by atoms with van der Waals surface area (Å²) in [4.78, 5) is 16.2. The van der Waals surface area contributed by atoms with Crippen LogP contribution in [0.2, 0.25) is 0 Å². The van der Waals surface area contributed by atoms with E-state index >= 15 is 0 Å². The minimum absolute atomic E-state index is 0.00000283. The van der Waals surface area contributed by atoms with Crippen molar-refractivity contribution in [3.8, 4) is 0 Å². The first-order valence-corrected chi connectivity index (χ1v) is 5.73. The average Bonchev–Trinajstić information content (AvgIpc) is 2.67. The molecular formula is C13H13N3O. The molecule has 0 saturated heterocycles. The van der Waals surface area contributed by atoms with Gasteiger partial charge in [-0.3, -0.25) is 9.78 Å². The van der Waals surface area contributed by atoms with Crippen molar-refractivity contribution in [1.29, 1.82) is 0 Å². The van der Waals surface area contributed by atoms with Crippen molar-refractivity contribution in [2.75, 3.05) is 11.9 Å². The number of benzene rings is 1. The number of nitrogens with one attached hydrogen (secondary N) is 2. The third-order valence-corrected chi connectivity index (χ3v) is 3.04. The third kappa shape index (κ3) is 1.49. The highest BCUT2D eigenvalue weighted by Gasteiger charge is 2.31. The normalized spacial score (nSPS) is 18.2. The van der Waals surface area contributed by atoms with Crippen LogP contribution < -0.4 is 10.6 Å². The summed E-state index contributed by atoms with van der Waals surface area (Å²) in [5.74, 6) is 0.00000283. The van der Waals surface area contributed by atoms with Gasteiger partial charge in [-0.25, -0.2) is 0 Å². The monoisotopic (exact) mass is 227 g/mol. The molecule has 1 aliphatic rings. The highest BCUT2D eigenvalue weighted by molar-refractivity contribution is 6.10. The van der Waals surface area contributed by atoms with E-state index in [0.717, 1.165) is 28.7 Å². The predicted octanol–water partition coefficient (Wildman–Crippen LogP) is 1.84. The van der Waals surface area contributed by atoms with Crippen LogP contribution in [0, 0.1) is 0 Å². The Kier molecular flexibility index (Phi) is 2.30. The van der Waals surface area contributed by atoms with Crippen LogP contribution in [0.1, 0.15) is 18.5 Å². The van der Waals surface area contributed by atoms with Gasteiger partial charge in [-0.05, 0) is 12.6 Å². The number of anilines is 1. The van der Waals surface area contributed by atoms with Gasteiger partial charge < -0.3 is 10.6 Å². The molecule has 86 valence electrons. The van der Waals surface area contributed by atoms with Crippen molar-refractivity contribution in [3.05, 3.63) is 36.0 Å². The van der Waals surface area contributed by atoms with E-state index in [1.165, 1.54) is 0 Å². The lowest BCUT2D eigenvalue weighted by atomic mass is 10.1. The molecule has 0 spiro atoms. The maximum atomic E-state index is 11.9. The van der Waals surface area contributed by atoms with Crippen LogP contribution in [0.3, 0.4) is 0 Å². The summed E-state index contributed by atoms with van der Waals surface area (Å²) in [6, 6.07) is 7.64. The zero-order valence-electron chi connectivity index (χ0n) is 9.53. The van der Waals surface area contributed by atoms with Gasteiger partial charge in [-0.15, -0.1) is 0 Å². The number of hydrogen-bond donors (Lipinski definition) is 2. The molecule has 4 nitrogen and oxygen atoms in total. The summed E-state index contributed by atoms with van der Waals surface area (Å²) in [6.07, 6.45) is 1.75. The Morgan fingerprint density at radius 3 is 3.12 bits per heavy atom. The number of aromatic nitrogens is 1. The minimum Gasteiger partial charge on any atom is -0.322 e. The van der Waals surface area contributed by atoms with Crippen molar-refractivity contribution < 1.29 is 4.79 Å². The van der Waals surface area contributed by atoms with Gasteiger partial charge in [0, 0.05) is 17.1 Å². The van der Waals surface area contributed by atoms with Crippen molar-refractivity contribution in [1.82, 2.24) is 10.3 Å². The SMILES string of the molecule is CCNC1C(=O)Nc2c1ccc1cccnc21. The number of pyridine rings is 1. The topological polar surface area (TPSA) is 54.0 Å².